The van der Waals surface area contributed by atoms with Crippen molar-refractivity contribution in [3.63, 3.8) is 0 Å². The van der Waals surface area contributed by atoms with Gasteiger partial charge in [0, 0.05) is 12.3 Å². The van der Waals surface area contributed by atoms with Crippen LogP contribution in [0.15, 0.2) is 35.0 Å². The predicted molar refractivity (Wildman–Crippen MR) is 137 cm³/mol. The molecule has 29 heavy (non-hydrogen) atoms. The Kier molecular flexibility index (Phi) is 14.4. The lowest BCUT2D eigenvalue weighted by Gasteiger charge is -2.40. The number of esters is 1. The summed E-state index contributed by atoms with van der Waals surface area (Å²) in [6, 6.07) is 3.43. The number of ether oxygens (including phenoxy) is 1. The summed E-state index contributed by atoms with van der Waals surface area (Å²) in [5, 5.41) is 0. The van der Waals surface area contributed by atoms with Crippen LogP contribution in [0.25, 0.3) is 0 Å². The van der Waals surface area contributed by atoms with Crippen LogP contribution < -0.4 is 0 Å². The Morgan fingerprint density at radius 3 is 2.21 bits per heavy atom. The van der Waals surface area contributed by atoms with Crippen molar-refractivity contribution in [2.75, 3.05) is 0 Å². The van der Waals surface area contributed by atoms with E-state index in [0.717, 1.165) is 49.4 Å². The van der Waals surface area contributed by atoms with E-state index in [4.69, 9.17) is 9.16 Å². The van der Waals surface area contributed by atoms with Gasteiger partial charge in [0.2, 0.25) is 0 Å². The summed E-state index contributed by atoms with van der Waals surface area (Å²) >= 11 is 2.19. The number of carbonyl (C=O) groups is 1. The third kappa shape index (κ3) is 9.97. The summed E-state index contributed by atoms with van der Waals surface area (Å²) in [6.07, 6.45) is 7.58. The summed E-state index contributed by atoms with van der Waals surface area (Å²) in [4.78, 5) is 12.4. The van der Waals surface area contributed by atoms with Crippen molar-refractivity contribution < 1.29 is 14.0 Å². The molecule has 0 aromatic heterocycles. The molecule has 0 aromatic carbocycles. The van der Waals surface area contributed by atoms with Gasteiger partial charge in [-0.1, -0.05) is 68.9 Å². The van der Waals surface area contributed by atoms with Crippen molar-refractivity contribution in [2.45, 2.75) is 103 Å². The van der Waals surface area contributed by atoms with E-state index < -0.39 is 8.32 Å². The summed E-state index contributed by atoms with van der Waals surface area (Å²) in [5.74, 6) is -0.0310. The molecule has 0 radical (unpaired) electrons. The molecule has 0 unspecified atom stereocenters. The second-order valence-electron chi connectivity index (χ2n) is 8.35. The van der Waals surface area contributed by atoms with Crippen molar-refractivity contribution in [3.8, 4) is 0 Å². The van der Waals surface area contributed by atoms with Crippen LogP contribution in [-0.4, -0.2) is 26.0 Å². The molecule has 0 saturated heterocycles. The first-order valence-electron chi connectivity index (χ1n) is 11.1. The maximum Gasteiger partial charge on any atom is 0.306 e. The zero-order chi connectivity index (χ0) is 22.5. The molecule has 5 heteroatoms. The van der Waals surface area contributed by atoms with Crippen LogP contribution in [-0.2, 0) is 14.0 Å². The standard InChI is InChI=1S/C24H43IO3Si/c1-9-17-24(8,28-29(11-3,12-4)13-5)18-15-14-16-22(26)27-23(20(6)10-2)21(7)19-25/h9-10,19-20,23H,1-2,11-18H2,3-8H3/b21-19+/t20-,23-,24-/m0/s1. The van der Waals surface area contributed by atoms with E-state index in [-0.39, 0.29) is 23.6 Å². The summed E-state index contributed by atoms with van der Waals surface area (Å²) in [5.41, 5.74) is 0.874. The highest BCUT2D eigenvalue weighted by molar-refractivity contribution is 14.1. The van der Waals surface area contributed by atoms with E-state index in [1.165, 1.54) is 0 Å². The molecular weight excluding hydrogens is 491 g/mol. The first-order chi connectivity index (χ1) is 13.7. The van der Waals surface area contributed by atoms with Gasteiger partial charge in [0.1, 0.15) is 6.10 Å². The molecule has 0 rings (SSSR count). The molecule has 0 heterocycles. The highest BCUT2D eigenvalue weighted by Gasteiger charge is 2.37. The van der Waals surface area contributed by atoms with Gasteiger partial charge in [0.25, 0.3) is 0 Å². The Hall–Kier alpha value is -0.403. The molecule has 0 amide bonds. The minimum absolute atomic E-state index is 0.101. The van der Waals surface area contributed by atoms with Crippen LogP contribution in [0.1, 0.15) is 73.6 Å². The van der Waals surface area contributed by atoms with Crippen molar-refractivity contribution in [1.29, 1.82) is 0 Å². The van der Waals surface area contributed by atoms with Crippen LogP contribution in [0, 0.1) is 5.92 Å². The monoisotopic (exact) mass is 534 g/mol. The second kappa shape index (κ2) is 14.6. The van der Waals surface area contributed by atoms with Gasteiger partial charge in [-0.25, -0.2) is 0 Å². The van der Waals surface area contributed by atoms with Gasteiger partial charge in [0.05, 0.1) is 5.60 Å². The van der Waals surface area contributed by atoms with Crippen LogP contribution >= 0.6 is 22.6 Å². The van der Waals surface area contributed by atoms with Gasteiger partial charge in [-0.2, -0.15) is 0 Å². The number of hydrogen-bond donors (Lipinski definition) is 0. The van der Waals surface area contributed by atoms with Gasteiger partial charge in [-0.05, 0) is 60.9 Å². The fraction of sp³-hybridized carbons (Fsp3) is 0.708. The third-order valence-corrected chi connectivity index (χ3v) is 11.8. The zero-order valence-corrected chi connectivity index (χ0v) is 22.7. The van der Waals surface area contributed by atoms with E-state index in [1.54, 1.807) is 0 Å². The van der Waals surface area contributed by atoms with Crippen molar-refractivity contribution in [2.24, 2.45) is 5.92 Å². The molecule has 3 atom stereocenters. The number of hydrogen-bond acceptors (Lipinski definition) is 3. The topological polar surface area (TPSA) is 35.5 Å². The molecule has 0 fully saturated rings. The van der Waals surface area contributed by atoms with E-state index in [9.17, 15) is 4.79 Å². The maximum atomic E-state index is 12.4. The molecular formula is C24H43IO3Si. The Morgan fingerprint density at radius 1 is 1.17 bits per heavy atom. The fourth-order valence-electron chi connectivity index (χ4n) is 3.76. The molecule has 0 aliphatic carbocycles. The number of unbranched alkanes of at least 4 members (excludes halogenated alkanes) is 1. The Labute approximate surface area is 194 Å². The van der Waals surface area contributed by atoms with Crippen LogP contribution in [0.4, 0.5) is 0 Å². The second-order valence-corrected chi connectivity index (χ2v) is 13.7. The summed E-state index contributed by atoms with van der Waals surface area (Å²) in [6.45, 7) is 20.8. The predicted octanol–water partition coefficient (Wildman–Crippen LogP) is 7.98. The Balaban J connectivity index is 4.78. The number of rotatable bonds is 16. The lowest BCUT2D eigenvalue weighted by molar-refractivity contribution is -0.148. The SMILES string of the molecule is C=CC[C@@](C)(CCCCC(=O)O[C@H](/C(C)=C/I)[C@@H](C)C=C)O[Si](CC)(CC)CC. The van der Waals surface area contributed by atoms with E-state index >= 15 is 0 Å². The largest absolute Gasteiger partial charge is 0.457 e. The minimum atomic E-state index is -1.68. The van der Waals surface area contributed by atoms with Gasteiger partial charge >= 0.3 is 5.97 Å². The minimum Gasteiger partial charge on any atom is -0.457 e. The first-order valence-corrected chi connectivity index (χ1v) is 14.8. The molecule has 0 N–H and O–H groups in total. The van der Waals surface area contributed by atoms with Crippen LogP contribution in [0.3, 0.4) is 0 Å². The van der Waals surface area contributed by atoms with E-state index in [1.807, 2.05) is 30.1 Å². The Bertz CT molecular complexity index is 534. The highest BCUT2D eigenvalue weighted by atomic mass is 127. The van der Waals surface area contributed by atoms with Crippen molar-refractivity contribution >= 4 is 36.9 Å². The van der Waals surface area contributed by atoms with Gasteiger partial charge < -0.3 is 9.16 Å². The smallest absolute Gasteiger partial charge is 0.306 e. The molecule has 0 aliphatic heterocycles. The van der Waals surface area contributed by atoms with Crippen LogP contribution in [0.5, 0.6) is 0 Å². The zero-order valence-electron chi connectivity index (χ0n) is 19.6. The van der Waals surface area contributed by atoms with Crippen molar-refractivity contribution in [1.82, 2.24) is 0 Å². The fourth-order valence-corrected chi connectivity index (χ4v) is 7.28. The lowest BCUT2D eigenvalue weighted by Crippen LogP contribution is -2.45. The molecule has 0 bridgehead atoms. The quantitative estimate of drug-likeness (QED) is 0.0662. The average Bonchev–Trinajstić information content (AvgIpc) is 2.72. The highest BCUT2D eigenvalue weighted by Crippen LogP contribution is 2.33. The molecule has 3 nitrogen and oxygen atoms in total. The molecule has 168 valence electrons. The molecule has 0 aromatic rings. The lowest BCUT2D eigenvalue weighted by atomic mass is 9.95. The molecule has 0 saturated carbocycles. The maximum absolute atomic E-state index is 12.4. The van der Waals surface area contributed by atoms with Gasteiger partial charge in [-0.15, -0.1) is 13.2 Å². The van der Waals surface area contributed by atoms with Gasteiger partial charge in [-0.3, -0.25) is 4.79 Å². The van der Waals surface area contributed by atoms with E-state index in [2.05, 4.69) is 63.4 Å². The summed E-state index contributed by atoms with van der Waals surface area (Å²) in [7, 11) is -1.68. The van der Waals surface area contributed by atoms with E-state index in [0.29, 0.717) is 6.42 Å². The number of halogens is 1. The van der Waals surface area contributed by atoms with Crippen LogP contribution in [0.2, 0.25) is 18.1 Å². The number of carbonyl (C=O) groups excluding carboxylic acids is 1. The van der Waals surface area contributed by atoms with Gasteiger partial charge in [0.15, 0.2) is 8.32 Å². The molecule has 0 spiro atoms. The Morgan fingerprint density at radius 2 is 1.76 bits per heavy atom. The summed E-state index contributed by atoms with van der Waals surface area (Å²) < 4.78 is 14.5. The first kappa shape index (κ1) is 28.6. The normalized spacial score (nSPS) is 16.6. The average molecular weight is 535 g/mol. The third-order valence-electron chi connectivity index (χ3n) is 6.04. The molecule has 0 aliphatic rings. The van der Waals surface area contributed by atoms with Crippen molar-refractivity contribution in [3.05, 3.63) is 35.0 Å².